The number of alkyl halides is 3. The molecule has 128 valence electrons. The van der Waals surface area contributed by atoms with Gasteiger partial charge in [0.15, 0.2) is 5.60 Å². The van der Waals surface area contributed by atoms with Crippen molar-refractivity contribution in [3.8, 4) is 5.75 Å². The summed E-state index contributed by atoms with van der Waals surface area (Å²) in [6.07, 6.45) is -4.97. The summed E-state index contributed by atoms with van der Waals surface area (Å²) in [7, 11) is 0. The molecule has 1 N–H and O–H groups in total. The van der Waals surface area contributed by atoms with E-state index in [0.29, 0.717) is 5.75 Å². The predicted molar refractivity (Wildman–Crippen MR) is 73.3 cm³/mol. The maximum Gasteiger partial charge on any atom is 0.419 e. The van der Waals surface area contributed by atoms with E-state index in [4.69, 9.17) is 4.74 Å². The Bertz CT molecular complexity index is 564. The largest absolute Gasteiger partial charge is 0.493 e. The lowest BCUT2D eigenvalue weighted by atomic mass is 10.0. The summed E-state index contributed by atoms with van der Waals surface area (Å²) in [5.41, 5.74) is -2.82. The Hall–Kier alpha value is -1.83. The van der Waals surface area contributed by atoms with Gasteiger partial charge in [0.1, 0.15) is 11.6 Å². The summed E-state index contributed by atoms with van der Waals surface area (Å²) in [4.78, 5) is 12.9. The SMILES string of the molecule is O=C(CCCOc1cccc(F)c1)N1CC[C@](O)(C(F)(F)F)C1. The zero-order valence-electron chi connectivity index (χ0n) is 12.3. The number of ether oxygens (including phenoxy) is 1. The molecule has 1 fully saturated rings. The third-order valence-corrected chi connectivity index (χ3v) is 3.73. The zero-order chi connectivity index (χ0) is 17.1. The van der Waals surface area contributed by atoms with Crippen molar-refractivity contribution in [1.82, 2.24) is 4.90 Å². The van der Waals surface area contributed by atoms with Crippen molar-refractivity contribution >= 4 is 5.91 Å². The number of likely N-dealkylation sites (tertiary alicyclic amines) is 1. The van der Waals surface area contributed by atoms with Crippen LogP contribution in [0.25, 0.3) is 0 Å². The second-order valence-corrected chi connectivity index (χ2v) is 5.50. The summed E-state index contributed by atoms with van der Waals surface area (Å²) >= 11 is 0. The normalized spacial score (nSPS) is 21.5. The fraction of sp³-hybridized carbons (Fsp3) is 0.533. The number of nitrogens with zero attached hydrogens (tertiary/aromatic N) is 1. The highest BCUT2D eigenvalue weighted by atomic mass is 19.4. The van der Waals surface area contributed by atoms with Crippen LogP contribution >= 0.6 is 0 Å². The number of rotatable bonds is 5. The van der Waals surface area contributed by atoms with Crippen LogP contribution in [0.15, 0.2) is 24.3 Å². The molecule has 0 bridgehead atoms. The maximum atomic E-state index is 12.9. The molecule has 23 heavy (non-hydrogen) atoms. The highest BCUT2D eigenvalue weighted by molar-refractivity contribution is 5.76. The molecular weight excluding hydrogens is 318 g/mol. The van der Waals surface area contributed by atoms with Crippen molar-refractivity contribution in [3.63, 3.8) is 0 Å². The van der Waals surface area contributed by atoms with E-state index in [1.54, 1.807) is 6.07 Å². The van der Waals surface area contributed by atoms with Gasteiger partial charge in [0, 0.05) is 25.5 Å². The lowest BCUT2D eigenvalue weighted by Crippen LogP contribution is -2.48. The van der Waals surface area contributed by atoms with Crippen molar-refractivity contribution in [3.05, 3.63) is 30.1 Å². The molecule has 0 unspecified atom stereocenters. The molecule has 1 amide bonds. The average molecular weight is 335 g/mol. The van der Waals surface area contributed by atoms with Crippen LogP contribution in [0.2, 0.25) is 0 Å². The quantitative estimate of drug-likeness (QED) is 0.664. The van der Waals surface area contributed by atoms with Crippen LogP contribution < -0.4 is 4.74 Å². The number of benzene rings is 1. The van der Waals surface area contributed by atoms with E-state index in [9.17, 15) is 27.5 Å². The number of aliphatic hydroxyl groups is 1. The molecule has 1 aliphatic heterocycles. The minimum Gasteiger partial charge on any atom is -0.493 e. The van der Waals surface area contributed by atoms with Crippen LogP contribution in [0.5, 0.6) is 5.75 Å². The summed E-state index contributed by atoms with van der Waals surface area (Å²) in [5, 5.41) is 9.51. The van der Waals surface area contributed by atoms with E-state index < -0.39 is 36.5 Å². The number of carbonyl (C=O) groups is 1. The second kappa shape index (κ2) is 6.74. The van der Waals surface area contributed by atoms with Gasteiger partial charge in [-0.3, -0.25) is 4.79 Å². The van der Waals surface area contributed by atoms with Gasteiger partial charge in [-0.05, 0) is 18.6 Å². The molecule has 2 rings (SSSR count). The summed E-state index contributed by atoms with van der Waals surface area (Å²) < 4.78 is 56.2. The average Bonchev–Trinajstić information content (AvgIpc) is 2.87. The molecule has 8 heteroatoms. The van der Waals surface area contributed by atoms with Crippen molar-refractivity contribution in [2.75, 3.05) is 19.7 Å². The molecule has 1 atom stereocenters. The lowest BCUT2D eigenvalue weighted by Gasteiger charge is -2.25. The van der Waals surface area contributed by atoms with Crippen LogP contribution in [-0.4, -0.2) is 47.4 Å². The molecule has 0 radical (unpaired) electrons. The summed E-state index contributed by atoms with van der Waals surface area (Å²) in [6, 6.07) is 5.52. The van der Waals surface area contributed by atoms with Gasteiger partial charge in [-0.25, -0.2) is 4.39 Å². The highest BCUT2D eigenvalue weighted by Crippen LogP contribution is 2.37. The molecule has 1 aromatic carbocycles. The lowest BCUT2D eigenvalue weighted by molar-refractivity contribution is -0.253. The van der Waals surface area contributed by atoms with Crippen LogP contribution in [0.3, 0.4) is 0 Å². The Morgan fingerprint density at radius 1 is 1.39 bits per heavy atom. The number of β-amino-alcohol motifs (C(OH)–C–C–N with tert-alkyl or cyclic N) is 1. The maximum absolute atomic E-state index is 12.9. The second-order valence-electron chi connectivity index (χ2n) is 5.50. The fourth-order valence-corrected chi connectivity index (χ4v) is 2.37. The summed E-state index contributed by atoms with van der Waals surface area (Å²) in [5.74, 6) is -0.583. The van der Waals surface area contributed by atoms with Gasteiger partial charge < -0.3 is 14.7 Å². The van der Waals surface area contributed by atoms with E-state index >= 15 is 0 Å². The minimum atomic E-state index is -4.75. The Kier molecular flexibility index (Phi) is 5.13. The van der Waals surface area contributed by atoms with Gasteiger partial charge in [0.2, 0.25) is 5.91 Å². The van der Waals surface area contributed by atoms with Gasteiger partial charge in [-0.15, -0.1) is 0 Å². The Morgan fingerprint density at radius 2 is 2.13 bits per heavy atom. The van der Waals surface area contributed by atoms with Gasteiger partial charge in [-0.1, -0.05) is 6.07 Å². The van der Waals surface area contributed by atoms with E-state index in [1.165, 1.54) is 18.2 Å². The molecule has 1 heterocycles. The Labute approximate surface area is 130 Å². The van der Waals surface area contributed by atoms with E-state index in [1.807, 2.05) is 0 Å². The van der Waals surface area contributed by atoms with E-state index in [0.717, 1.165) is 4.90 Å². The van der Waals surface area contributed by atoms with Crippen LogP contribution in [0.1, 0.15) is 19.3 Å². The summed E-state index contributed by atoms with van der Waals surface area (Å²) in [6.45, 7) is -0.716. The molecule has 0 spiro atoms. The number of hydrogen-bond donors (Lipinski definition) is 1. The number of halogens is 4. The molecular formula is C15H17F4NO3. The van der Waals surface area contributed by atoms with E-state index in [-0.39, 0.29) is 26.0 Å². The molecule has 1 aromatic rings. The predicted octanol–water partition coefficient (Wildman–Crippen LogP) is 2.51. The van der Waals surface area contributed by atoms with Gasteiger partial charge in [0.05, 0.1) is 13.2 Å². The number of amides is 1. The third kappa shape index (κ3) is 4.34. The standard InChI is InChI=1S/C15H17F4NO3/c16-11-3-1-4-12(9-11)23-8-2-5-13(21)20-7-6-14(22,10-20)15(17,18)19/h1,3-4,9,22H,2,5-8,10H2/t14-/m1/s1. The van der Waals surface area contributed by atoms with Crippen molar-refractivity contribution in [1.29, 1.82) is 0 Å². The molecule has 0 aromatic heterocycles. The molecule has 1 saturated heterocycles. The Balaban J connectivity index is 1.74. The zero-order valence-corrected chi connectivity index (χ0v) is 12.3. The van der Waals surface area contributed by atoms with Crippen molar-refractivity contribution in [2.24, 2.45) is 0 Å². The molecule has 1 aliphatic rings. The topological polar surface area (TPSA) is 49.8 Å². The van der Waals surface area contributed by atoms with Crippen LogP contribution in [0.4, 0.5) is 17.6 Å². The fourth-order valence-electron chi connectivity index (χ4n) is 2.37. The first kappa shape index (κ1) is 17.5. The van der Waals surface area contributed by atoms with Crippen molar-refractivity contribution in [2.45, 2.75) is 31.0 Å². The molecule has 4 nitrogen and oxygen atoms in total. The van der Waals surface area contributed by atoms with Gasteiger partial charge in [0.25, 0.3) is 0 Å². The van der Waals surface area contributed by atoms with Gasteiger partial charge in [-0.2, -0.15) is 13.2 Å². The van der Waals surface area contributed by atoms with Crippen LogP contribution in [-0.2, 0) is 4.79 Å². The third-order valence-electron chi connectivity index (χ3n) is 3.73. The smallest absolute Gasteiger partial charge is 0.419 e. The molecule has 0 aliphatic carbocycles. The van der Waals surface area contributed by atoms with Crippen molar-refractivity contribution < 1.29 is 32.2 Å². The Morgan fingerprint density at radius 3 is 2.74 bits per heavy atom. The first-order valence-electron chi connectivity index (χ1n) is 7.16. The minimum absolute atomic E-state index is 0.00323. The highest BCUT2D eigenvalue weighted by Gasteiger charge is 2.57. The monoisotopic (exact) mass is 335 g/mol. The first-order valence-corrected chi connectivity index (χ1v) is 7.16. The van der Waals surface area contributed by atoms with Crippen LogP contribution in [0, 0.1) is 5.82 Å². The number of hydrogen-bond acceptors (Lipinski definition) is 3. The van der Waals surface area contributed by atoms with E-state index in [2.05, 4.69) is 0 Å². The molecule has 0 saturated carbocycles. The first-order chi connectivity index (χ1) is 10.7. The number of carbonyl (C=O) groups excluding carboxylic acids is 1. The van der Waals surface area contributed by atoms with Gasteiger partial charge >= 0.3 is 6.18 Å².